The molecule has 1 unspecified atom stereocenters. The van der Waals surface area contributed by atoms with Crippen molar-refractivity contribution in [3.05, 3.63) is 22.4 Å². The summed E-state index contributed by atoms with van der Waals surface area (Å²) in [4.78, 5) is 12.3. The highest BCUT2D eigenvalue weighted by atomic mass is 32.1. The molecule has 72 valence electrons. The molecule has 4 heteroatoms. The molecule has 1 rings (SSSR count). The monoisotopic (exact) mass is 198 g/mol. The maximum atomic E-state index is 11.0. The van der Waals surface area contributed by atoms with E-state index in [0.717, 1.165) is 6.42 Å². The van der Waals surface area contributed by atoms with Gasteiger partial charge in [0.05, 0.1) is 6.04 Å². The largest absolute Gasteiger partial charge is 0.354 e. The number of hydrogen-bond donors (Lipinski definition) is 2. The van der Waals surface area contributed by atoms with Crippen molar-refractivity contribution in [2.45, 2.75) is 19.4 Å². The molecule has 1 atom stereocenters. The van der Waals surface area contributed by atoms with Gasteiger partial charge in [-0.3, -0.25) is 4.79 Å². The number of carbonyl (C=O) groups excluding carboxylic acids is 1. The second-order valence-electron chi connectivity index (χ2n) is 2.91. The summed E-state index contributed by atoms with van der Waals surface area (Å²) in [5.41, 5.74) is 5.39. The molecular formula is C9H14N2OS. The third-order valence-electron chi connectivity index (χ3n) is 1.66. The quantitative estimate of drug-likeness (QED) is 0.750. The molecule has 0 aliphatic rings. The van der Waals surface area contributed by atoms with E-state index in [-0.39, 0.29) is 5.91 Å². The molecule has 0 saturated carbocycles. The lowest BCUT2D eigenvalue weighted by atomic mass is 10.3. The summed E-state index contributed by atoms with van der Waals surface area (Å²) in [6, 6.07) is 3.65. The zero-order valence-corrected chi connectivity index (χ0v) is 8.43. The summed E-state index contributed by atoms with van der Waals surface area (Å²) in [5.74, 6) is -0.0865. The van der Waals surface area contributed by atoms with E-state index in [1.807, 2.05) is 11.4 Å². The third-order valence-corrected chi connectivity index (χ3v) is 2.60. The van der Waals surface area contributed by atoms with Gasteiger partial charge in [0, 0.05) is 11.4 Å². The van der Waals surface area contributed by atoms with Crippen molar-refractivity contribution in [3.8, 4) is 0 Å². The number of nitrogens with one attached hydrogen (secondary N) is 1. The summed E-state index contributed by atoms with van der Waals surface area (Å²) in [7, 11) is 0. The average molecular weight is 198 g/mol. The Hall–Kier alpha value is -0.870. The van der Waals surface area contributed by atoms with E-state index in [0.29, 0.717) is 6.54 Å². The molecule has 1 heterocycles. The normalized spacial score (nSPS) is 12.5. The van der Waals surface area contributed by atoms with Crippen molar-refractivity contribution in [3.63, 3.8) is 0 Å². The SMILES string of the molecule is CC(N)C(=O)NCCc1cccs1. The van der Waals surface area contributed by atoms with Gasteiger partial charge in [0.25, 0.3) is 0 Å². The zero-order valence-electron chi connectivity index (χ0n) is 7.62. The molecule has 0 saturated heterocycles. The molecule has 1 aromatic heterocycles. The fraction of sp³-hybridized carbons (Fsp3) is 0.444. The minimum absolute atomic E-state index is 0.0865. The fourth-order valence-electron chi connectivity index (χ4n) is 0.925. The molecule has 13 heavy (non-hydrogen) atoms. The molecule has 1 aromatic rings. The van der Waals surface area contributed by atoms with E-state index < -0.39 is 6.04 Å². The van der Waals surface area contributed by atoms with Crippen LogP contribution in [0.1, 0.15) is 11.8 Å². The van der Waals surface area contributed by atoms with Crippen molar-refractivity contribution in [2.75, 3.05) is 6.54 Å². The average Bonchev–Trinajstić information content (AvgIpc) is 2.56. The number of carbonyl (C=O) groups is 1. The number of rotatable bonds is 4. The number of thiophene rings is 1. The molecule has 3 N–H and O–H groups in total. The molecule has 1 amide bonds. The van der Waals surface area contributed by atoms with Gasteiger partial charge in [-0.25, -0.2) is 0 Å². The minimum atomic E-state index is -0.414. The highest BCUT2D eigenvalue weighted by molar-refractivity contribution is 7.09. The molecule has 0 aromatic carbocycles. The maximum absolute atomic E-state index is 11.0. The van der Waals surface area contributed by atoms with Crippen LogP contribution in [-0.4, -0.2) is 18.5 Å². The lowest BCUT2D eigenvalue weighted by Gasteiger charge is -2.06. The van der Waals surface area contributed by atoms with E-state index in [1.54, 1.807) is 18.3 Å². The summed E-state index contributed by atoms with van der Waals surface area (Å²) < 4.78 is 0. The molecule has 0 spiro atoms. The minimum Gasteiger partial charge on any atom is -0.354 e. The van der Waals surface area contributed by atoms with Crippen LogP contribution in [0.25, 0.3) is 0 Å². The molecule has 0 bridgehead atoms. The Morgan fingerprint density at radius 2 is 2.54 bits per heavy atom. The molecule has 0 fully saturated rings. The predicted molar refractivity (Wildman–Crippen MR) is 54.7 cm³/mol. The van der Waals surface area contributed by atoms with E-state index in [1.165, 1.54) is 4.88 Å². The van der Waals surface area contributed by atoms with Gasteiger partial charge < -0.3 is 11.1 Å². The van der Waals surface area contributed by atoms with Gasteiger partial charge in [-0.05, 0) is 24.8 Å². The zero-order chi connectivity index (χ0) is 9.68. The summed E-state index contributed by atoms with van der Waals surface area (Å²) in [6.07, 6.45) is 0.885. The van der Waals surface area contributed by atoms with Gasteiger partial charge in [-0.1, -0.05) is 6.07 Å². The summed E-state index contributed by atoms with van der Waals surface area (Å²) in [6.45, 7) is 2.35. The molecule has 0 aliphatic carbocycles. The van der Waals surface area contributed by atoms with Gasteiger partial charge in [0.1, 0.15) is 0 Å². The second-order valence-corrected chi connectivity index (χ2v) is 3.94. The van der Waals surface area contributed by atoms with Gasteiger partial charge in [-0.2, -0.15) is 0 Å². The van der Waals surface area contributed by atoms with E-state index in [9.17, 15) is 4.79 Å². The Kier molecular flexibility index (Phi) is 3.92. The molecular weight excluding hydrogens is 184 g/mol. The second kappa shape index (κ2) is 4.99. The molecule has 3 nitrogen and oxygen atoms in total. The van der Waals surface area contributed by atoms with E-state index in [4.69, 9.17) is 5.73 Å². The Morgan fingerprint density at radius 3 is 3.08 bits per heavy atom. The standard InChI is InChI=1S/C9H14N2OS/c1-7(10)9(12)11-5-4-8-3-2-6-13-8/h2-3,6-7H,4-5,10H2,1H3,(H,11,12). The first kappa shape index (κ1) is 10.2. The Morgan fingerprint density at radius 1 is 1.77 bits per heavy atom. The predicted octanol–water partition coefficient (Wildman–Crippen LogP) is 0.754. The van der Waals surface area contributed by atoms with Crippen LogP contribution >= 0.6 is 11.3 Å². The fourth-order valence-corrected chi connectivity index (χ4v) is 1.63. The van der Waals surface area contributed by atoms with Crippen molar-refractivity contribution in [1.82, 2.24) is 5.32 Å². The summed E-state index contributed by atoms with van der Waals surface area (Å²) in [5, 5.41) is 4.79. The van der Waals surface area contributed by atoms with Crippen molar-refractivity contribution < 1.29 is 4.79 Å². The van der Waals surface area contributed by atoms with Crippen LogP contribution in [0.3, 0.4) is 0 Å². The Balaban J connectivity index is 2.18. The first-order valence-corrected chi connectivity index (χ1v) is 5.14. The van der Waals surface area contributed by atoms with Gasteiger partial charge in [0.2, 0.25) is 5.91 Å². The lowest BCUT2D eigenvalue weighted by molar-refractivity contribution is -0.121. The number of amides is 1. The van der Waals surface area contributed by atoms with Crippen LogP contribution in [-0.2, 0) is 11.2 Å². The third kappa shape index (κ3) is 3.57. The Bertz CT molecular complexity index is 257. The maximum Gasteiger partial charge on any atom is 0.236 e. The van der Waals surface area contributed by atoms with Crippen molar-refractivity contribution in [1.29, 1.82) is 0 Å². The van der Waals surface area contributed by atoms with Crippen LogP contribution in [0.15, 0.2) is 17.5 Å². The van der Waals surface area contributed by atoms with Crippen LogP contribution in [0, 0.1) is 0 Å². The lowest BCUT2D eigenvalue weighted by Crippen LogP contribution is -2.39. The van der Waals surface area contributed by atoms with Gasteiger partial charge in [0.15, 0.2) is 0 Å². The van der Waals surface area contributed by atoms with Crippen molar-refractivity contribution >= 4 is 17.2 Å². The van der Waals surface area contributed by atoms with Crippen LogP contribution in [0.4, 0.5) is 0 Å². The number of hydrogen-bond acceptors (Lipinski definition) is 3. The summed E-state index contributed by atoms with van der Waals surface area (Å²) >= 11 is 1.70. The Labute approximate surface area is 81.9 Å². The van der Waals surface area contributed by atoms with E-state index in [2.05, 4.69) is 11.4 Å². The van der Waals surface area contributed by atoms with Gasteiger partial charge in [-0.15, -0.1) is 11.3 Å². The topological polar surface area (TPSA) is 55.1 Å². The van der Waals surface area contributed by atoms with Crippen LogP contribution < -0.4 is 11.1 Å². The first-order valence-electron chi connectivity index (χ1n) is 4.26. The van der Waals surface area contributed by atoms with Crippen LogP contribution in [0.5, 0.6) is 0 Å². The van der Waals surface area contributed by atoms with Crippen molar-refractivity contribution in [2.24, 2.45) is 5.73 Å². The first-order chi connectivity index (χ1) is 6.20. The molecule has 0 aliphatic heterocycles. The number of nitrogens with two attached hydrogens (primary N) is 1. The van der Waals surface area contributed by atoms with Crippen LogP contribution in [0.2, 0.25) is 0 Å². The smallest absolute Gasteiger partial charge is 0.236 e. The van der Waals surface area contributed by atoms with E-state index >= 15 is 0 Å². The van der Waals surface area contributed by atoms with Gasteiger partial charge >= 0.3 is 0 Å². The molecule has 0 radical (unpaired) electrons. The highest BCUT2D eigenvalue weighted by Gasteiger charge is 2.05. The highest BCUT2D eigenvalue weighted by Crippen LogP contribution is 2.07.